The summed E-state index contributed by atoms with van der Waals surface area (Å²) >= 11 is 0. The van der Waals surface area contributed by atoms with Gasteiger partial charge in [0.25, 0.3) is 5.69 Å². The minimum atomic E-state index is -4.42. The van der Waals surface area contributed by atoms with E-state index in [-0.39, 0.29) is 19.0 Å². The van der Waals surface area contributed by atoms with Gasteiger partial charge >= 0.3 is 0 Å². The number of nitrogens with zero attached hydrogens (tertiary/aromatic N) is 1. The van der Waals surface area contributed by atoms with Crippen LogP contribution in [-0.4, -0.2) is 19.9 Å². The van der Waals surface area contributed by atoms with E-state index in [2.05, 4.69) is 4.72 Å². The van der Waals surface area contributed by atoms with Crippen LogP contribution in [0.3, 0.4) is 0 Å². The molecule has 0 amide bonds. The van der Waals surface area contributed by atoms with E-state index in [1.54, 1.807) is 30.3 Å². The van der Waals surface area contributed by atoms with Gasteiger partial charge in [0.05, 0.1) is 4.92 Å². The minimum Gasteiger partial charge on any atom is -0.323 e. The van der Waals surface area contributed by atoms with Gasteiger partial charge in [-0.05, 0) is 11.6 Å². The topological polar surface area (TPSA) is 115 Å². The number of nitrogens with two attached hydrogens (primary N) is 1. The maximum Gasteiger partial charge on any atom is 0.292 e. The van der Waals surface area contributed by atoms with Crippen molar-refractivity contribution in [1.82, 2.24) is 4.72 Å². The van der Waals surface area contributed by atoms with Gasteiger partial charge in [-0.15, -0.1) is 12.4 Å². The summed E-state index contributed by atoms with van der Waals surface area (Å²) in [5.74, 6) is -1.19. The third kappa shape index (κ3) is 4.48. The van der Waals surface area contributed by atoms with E-state index in [1.165, 1.54) is 0 Å². The maximum absolute atomic E-state index is 13.8. The fourth-order valence-electron chi connectivity index (χ4n) is 2.00. The molecule has 0 saturated carbocycles. The molecule has 0 radical (unpaired) electrons. The Bertz CT molecular complexity index is 818. The molecular formula is C14H15ClFN3O4S. The molecule has 0 fully saturated rings. The number of rotatable bonds is 6. The highest BCUT2D eigenvalue weighted by molar-refractivity contribution is 7.89. The van der Waals surface area contributed by atoms with Crippen molar-refractivity contribution in [2.75, 3.05) is 6.54 Å². The zero-order chi connectivity index (χ0) is 17.0. The SMILES string of the molecule is Cl.NC(CNS(=O)(=O)c1c(F)cccc1[N+](=O)[O-])c1ccccc1. The van der Waals surface area contributed by atoms with Crippen LogP contribution < -0.4 is 10.5 Å². The summed E-state index contributed by atoms with van der Waals surface area (Å²) in [5.41, 5.74) is 5.71. The fourth-order valence-corrected chi connectivity index (χ4v) is 3.28. The molecule has 0 bridgehead atoms. The van der Waals surface area contributed by atoms with Crippen molar-refractivity contribution in [3.05, 3.63) is 70.0 Å². The lowest BCUT2D eigenvalue weighted by atomic mass is 10.1. The first-order valence-electron chi connectivity index (χ1n) is 6.56. The van der Waals surface area contributed by atoms with Gasteiger partial charge in [-0.25, -0.2) is 17.5 Å². The summed E-state index contributed by atoms with van der Waals surface area (Å²) in [6.45, 7) is -0.224. The molecule has 2 aromatic carbocycles. The molecule has 1 unspecified atom stereocenters. The van der Waals surface area contributed by atoms with Gasteiger partial charge in [-0.2, -0.15) is 0 Å². The Kier molecular flexibility index (Phi) is 6.79. The predicted molar refractivity (Wildman–Crippen MR) is 88.9 cm³/mol. The Morgan fingerprint density at radius 1 is 1.17 bits per heavy atom. The summed E-state index contributed by atoms with van der Waals surface area (Å²) < 4.78 is 40.3. The van der Waals surface area contributed by atoms with E-state index in [9.17, 15) is 22.9 Å². The lowest BCUT2D eigenvalue weighted by Gasteiger charge is -2.13. The van der Waals surface area contributed by atoms with Crippen molar-refractivity contribution >= 4 is 28.1 Å². The predicted octanol–water partition coefficient (Wildman–Crippen LogP) is 2.13. The van der Waals surface area contributed by atoms with Crippen molar-refractivity contribution in [2.45, 2.75) is 10.9 Å². The molecular weight excluding hydrogens is 361 g/mol. The Hall–Kier alpha value is -2.07. The third-order valence-corrected chi connectivity index (χ3v) is 4.62. The summed E-state index contributed by atoms with van der Waals surface area (Å²) in [6, 6.07) is 10.9. The van der Waals surface area contributed by atoms with Crippen LogP contribution in [0.5, 0.6) is 0 Å². The van der Waals surface area contributed by atoms with E-state index >= 15 is 0 Å². The normalized spacial score (nSPS) is 12.2. The number of benzene rings is 2. The first-order chi connectivity index (χ1) is 10.8. The molecule has 2 rings (SSSR count). The van der Waals surface area contributed by atoms with Crippen molar-refractivity contribution in [2.24, 2.45) is 5.73 Å². The van der Waals surface area contributed by atoms with Gasteiger partial charge in [0.15, 0.2) is 4.90 Å². The average molecular weight is 376 g/mol. The van der Waals surface area contributed by atoms with Gasteiger partial charge in [0.2, 0.25) is 10.0 Å². The zero-order valence-electron chi connectivity index (χ0n) is 12.3. The first kappa shape index (κ1) is 20.0. The fraction of sp³-hybridized carbons (Fsp3) is 0.143. The number of nitro groups is 1. The van der Waals surface area contributed by atoms with Crippen LogP contribution in [0.2, 0.25) is 0 Å². The highest BCUT2D eigenvalue weighted by atomic mass is 35.5. The van der Waals surface area contributed by atoms with E-state index in [0.717, 1.165) is 18.2 Å². The van der Waals surface area contributed by atoms with Gasteiger partial charge in [-0.3, -0.25) is 10.1 Å². The van der Waals surface area contributed by atoms with Crippen molar-refractivity contribution in [1.29, 1.82) is 0 Å². The third-order valence-electron chi connectivity index (χ3n) is 3.13. The van der Waals surface area contributed by atoms with Crippen LogP contribution in [0, 0.1) is 15.9 Å². The molecule has 0 aromatic heterocycles. The Balaban J connectivity index is 0.00000288. The van der Waals surface area contributed by atoms with Crippen LogP contribution in [0.25, 0.3) is 0 Å². The number of sulfonamides is 1. The Morgan fingerprint density at radius 3 is 2.38 bits per heavy atom. The zero-order valence-corrected chi connectivity index (χ0v) is 13.9. The Morgan fingerprint density at radius 2 is 1.79 bits per heavy atom. The number of halogens is 2. The summed E-state index contributed by atoms with van der Waals surface area (Å²) in [6.07, 6.45) is 0. The largest absolute Gasteiger partial charge is 0.323 e. The average Bonchev–Trinajstić information content (AvgIpc) is 2.53. The van der Waals surface area contributed by atoms with Crippen LogP contribution in [0.4, 0.5) is 10.1 Å². The van der Waals surface area contributed by atoms with Gasteiger partial charge < -0.3 is 5.73 Å². The molecule has 0 saturated heterocycles. The second-order valence-corrected chi connectivity index (χ2v) is 6.42. The van der Waals surface area contributed by atoms with Crippen LogP contribution in [0.1, 0.15) is 11.6 Å². The molecule has 7 nitrogen and oxygen atoms in total. The number of nitro benzene ring substituents is 1. The van der Waals surface area contributed by atoms with Crippen LogP contribution in [-0.2, 0) is 10.0 Å². The number of hydrogen-bond acceptors (Lipinski definition) is 5. The molecule has 10 heteroatoms. The lowest BCUT2D eigenvalue weighted by molar-refractivity contribution is -0.388. The summed E-state index contributed by atoms with van der Waals surface area (Å²) in [4.78, 5) is 8.96. The molecule has 0 aliphatic carbocycles. The van der Waals surface area contributed by atoms with Crippen molar-refractivity contribution in [3.8, 4) is 0 Å². The molecule has 24 heavy (non-hydrogen) atoms. The van der Waals surface area contributed by atoms with Gasteiger partial charge in [0, 0.05) is 18.7 Å². The maximum atomic E-state index is 13.8. The quantitative estimate of drug-likeness (QED) is 0.592. The number of hydrogen-bond donors (Lipinski definition) is 2. The van der Waals surface area contributed by atoms with Gasteiger partial charge in [0.1, 0.15) is 5.82 Å². The van der Waals surface area contributed by atoms with Crippen molar-refractivity contribution in [3.63, 3.8) is 0 Å². The molecule has 0 spiro atoms. The van der Waals surface area contributed by atoms with E-state index in [4.69, 9.17) is 5.73 Å². The monoisotopic (exact) mass is 375 g/mol. The first-order valence-corrected chi connectivity index (χ1v) is 8.04. The second kappa shape index (κ2) is 8.15. The van der Waals surface area contributed by atoms with Crippen LogP contribution in [0.15, 0.2) is 53.4 Å². The summed E-state index contributed by atoms with van der Waals surface area (Å²) in [7, 11) is -4.42. The molecule has 1 atom stereocenters. The van der Waals surface area contributed by atoms with Crippen LogP contribution >= 0.6 is 12.4 Å². The van der Waals surface area contributed by atoms with E-state index < -0.39 is 37.4 Å². The number of nitrogens with one attached hydrogen (secondary N) is 1. The highest BCUT2D eigenvalue weighted by Crippen LogP contribution is 2.26. The Labute approximate surface area is 144 Å². The smallest absolute Gasteiger partial charge is 0.292 e. The molecule has 3 N–H and O–H groups in total. The molecule has 0 aliphatic rings. The molecule has 0 heterocycles. The lowest BCUT2D eigenvalue weighted by Crippen LogP contribution is -2.32. The van der Waals surface area contributed by atoms with Crippen molar-refractivity contribution < 1.29 is 17.7 Å². The standard InChI is InChI=1S/C14H14FN3O4S.ClH/c15-11-7-4-8-13(18(19)20)14(11)23(21,22)17-9-12(16)10-5-2-1-3-6-10;/h1-8,12,17H,9,16H2;1H. The second-order valence-electron chi connectivity index (χ2n) is 4.71. The van der Waals surface area contributed by atoms with Gasteiger partial charge in [-0.1, -0.05) is 36.4 Å². The summed E-state index contributed by atoms with van der Waals surface area (Å²) in [5, 5.41) is 10.9. The van der Waals surface area contributed by atoms with E-state index in [1.807, 2.05) is 0 Å². The molecule has 0 aliphatic heterocycles. The highest BCUT2D eigenvalue weighted by Gasteiger charge is 2.30. The molecule has 2 aromatic rings. The van der Waals surface area contributed by atoms with E-state index in [0.29, 0.717) is 5.56 Å². The molecule has 130 valence electrons. The minimum absolute atomic E-state index is 0.